The Morgan fingerprint density at radius 1 is 1.40 bits per heavy atom. The van der Waals surface area contributed by atoms with Crippen molar-refractivity contribution in [2.24, 2.45) is 0 Å². The van der Waals surface area contributed by atoms with Crippen LogP contribution in [0.4, 0.5) is 10.1 Å². The maximum Gasteiger partial charge on any atom is 0.345 e. The summed E-state index contributed by atoms with van der Waals surface area (Å²) in [5.74, 6) is -0.954. The maximum absolute atomic E-state index is 10.7. The van der Waals surface area contributed by atoms with E-state index >= 15 is 0 Å². The molecular weight excluding hydrogens is 282 g/mol. The van der Waals surface area contributed by atoms with Gasteiger partial charge in [-0.2, -0.15) is 0 Å². The molecule has 20 heavy (non-hydrogen) atoms. The molecule has 1 aromatic heterocycles. The molecule has 104 valence electrons. The highest BCUT2D eigenvalue weighted by molar-refractivity contribution is 7.18. The van der Waals surface area contributed by atoms with Gasteiger partial charge in [0.15, 0.2) is 5.13 Å². The van der Waals surface area contributed by atoms with Gasteiger partial charge in [0.1, 0.15) is 6.20 Å². The fourth-order valence-electron chi connectivity index (χ4n) is 1.56. The van der Waals surface area contributed by atoms with Gasteiger partial charge in [-0.3, -0.25) is 10.1 Å². The van der Waals surface area contributed by atoms with Gasteiger partial charge in [-0.1, -0.05) is 12.1 Å². The van der Waals surface area contributed by atoms with Crippen molar-refractivity contribution in [2.75, 3.05) is 11.9 Å². The van der Waals surface area contributed by atoms with Crippen LogP contribution in [0.15, 0.2) is 30.5 Å². The summed E-state index contributed by atoms with van der Waals surface area (Å²) in [7, 11) is 0. The molecule has 1 aromatic carbocycles. The lowest BCUT2D eigenvalue weighted by molar-refractivity contribution is -0.380. The second-order valence-corrected chi connectivity index (χ2v) is 4.95. The highest BCUT2D eigenvalue weighted by Crippen LogP contribution is 2.24. The summed E-state index contributed by atoms with van der Waals surface area (Å²) < 4.78 is 0. The number of thiazole rings is 1. The van der Waals surface area contributed by atoms with E-state index in [2.05, 4.69) is 10.3 Å². The number of hydrogen-bond donors (Lipinski definition) is 2. The van der Waals surface area contributed by atoms with E-state index in [4.69, 9.17) is 5.11 Å². The van der Waals surface area contributed by atoms with Crippen molar-refractivity contribution in [3.8, 4) is 0 Å². The highest BCUT2D eigenvalue weighted by atomic mass is 32.1. The number of nitro groups is 1. The fraction of sp³-hybridized carbons (Fsp3) is 0.167. The molecule has 0 aliphatic carbocycles. The SMILES string of the molecule is O=C(O)c1ccc(CCNc2ncc([N+](=O)[O-])s2)cc1. The number of aromatic carboxylic acids is 1. The number of nitrogens with one attached hydrogen (secondary N) is 1. The third-order valence-corrected chi connectivity index (χ3v) is 3.47. The van der Waals surface area contributed by atoms with Gasteiger partial charge in [0.25, 0.3) is 0 Å². The standard InChI is InChI=1S/C12H11N3O4S/c16-11(17)9-3-1-8(2-4-9)5-6-13-12-14-7-10(20-12)15(18)19/h1-4,7H,5-6H2,(H,13,14)(H,16,17). The van der Waals surface area contributed by atoms with Crippen LogP contribution in [0.2, 0.25) is 0 Å². The van der Waals surface area contributed by atoms with Crippen LogP contribution in [0.5, 0.6) is 0 Å². The Labute approximate surface area is 118 Å². The lowest BCUT2D eigenvalue weighted by Gasteiger charge is -2.03. The predicted molar refractivity (Wildman–Crippen MR) is 74.4 cm³/mol. The molecule has 2 aromatic rings. The van der Waals surface area contributed by atoms with E-state index in [-0.39, 0.29) is 10.6 Å². The topological polar surface area (TPSA) is 105 Å². The second-order valence-electron chi connectivity index (χ2n) is 3.94. The van der Waals surface area contributed by atoms with Crippen LogP contribution < -0.4 is 5.32 Å². The Morgan fingerprint density at radius 3 is 2.65 bits per heavy atom. The smallest absolute Gasteiger partial charge is 0.345 e. The molecule has 0 spiro atoms. The van der Waals surface area contributed by atoms with Gasteiger partial charge >= 0.3 is 11.0 Å². The quantitative estimate of drug-likeness (QED) is 0.626. The fourth-order valence-corrected chi connectivity index (χ4v) is 2.22. The summed E-state index contributed by atoms with van der Waals surface area (Å²) in [5.41, 5.74) is 1.23. The summed E-state index contributed by atoms with van der Waals surface area (Å²) in [4.78, 5) is 24.6. The van der Waals surface area contributed by atoms with E-state index < -0.39 is 10.9 Å². The van der Waals surface area contributed by atoms with Crippen LogP contribution in [0.25, 0.3) is 0 Å². The minimum Gasteiger partial charge on any atom is -0.478 e. The Kier molecular flexibility index (Phi) is 4.26. The second kappa shape index (κ2) is 6.11. The van der Waals surface area contributed by atoms with Crippen molar-refractivity contribution in [2.45, 2.75) is 6.42 Å². The minimum absolute atomic E-state index is 0.00156. The molecule has 0 fully saturated rings. The lowest BCUT2D eigenvalue weighted by Crippen LogP contribution is -2.04. The summed E-state index contributed by atoms with van der Waals surface area (Å²) in [6.07, 6.45) is 1.89. The van der Waals surface area contributed by atoms with Crippen LogP contribution in [0.3, 0.4) is 0 Å². The number of rotatable bonds is 6. The van der Waals surface area contributed by atoms with Crippen molar-refractivity contribution in [3.05, 3.63) is 51.7 Å². The summed E-state index contributed by atoms with van der Waals surface area (Å²) in [5, 5.41) is 22.8. The van der Waals surface area contributed by atoms with Crippen molar-refractivity contribution in [1.82, 2.24) is 4.98 Å². The number of carboxylic acid groups (broad SMARTS) is 1. The Morgan fingerprint density at radius 2 is 2.10 bits per heavy atom. The third-order valence-electron chi connectivity index (χ3n) is 2.56. The number of hydrogen-bond acceptors (Lipinski definition) is 6. The molecule has 0 aliphatic heterocycles. The van der Waals surface area contributed by atoms with E-state index in [0.717, 1.165) is 16.9 Å². The molecule has 8 heteroatoms. The van der Waals surface area contributed by atoms with E-state index in [1.165, 1.54) is 6.20 Å². The van der Waals surface area contributed by atoms with E-state index in [9.17, 15) is 14.9 Å². The minimum atomic E-state index is -0.954. The van der Waals surface area contributed by atoms with Gasteiger partial charge in [0.2, 0.25) is 0 Å². The monoisotopic (exact) mass is 293 g/mol. The van der Waals surface area contributed by atoms with Crippen molar-refractivity contribution < 1.29 is 14.8 Å². The summed E-state index contributed by atoms with van der Waals surface area (Å²) >= 11 is 0.983. The van der Waals surface area contributed by atoms with Gasteiger partial charge in [-0.15, -0.1) is 0 Å². The molecule has 0 amide bonds. The maximum atomic E-state index is 10.7. The Bertz CT molecular complexity index is 624. The zero-order valence-corrected chi connectivity index (χ0v) is 11.1. The van der Waals surface area contributed by atoms with Gasteiger partial charge < -0.3 is 10.4 Å². The average Bonchev–Trinajstić information content (AvgIpc) is 2.88. The average molecular weight is 293 g/mol. The number of carbonyl (C=O) groups is 1. The van der Waals surface area contributed by atoms with E-state index in [0.29, 0.717) is 18.1 Å². The summed E-state index contributed by atoms with van der Waals surface area (Å²) in [6, 6.07) is 6.59. The third kappa shape index (κ3) is 3.51. The number of aromatic nitrogens is 1. The number of benzene rings is 1. The van der Waals surface area contributed by atoms with Crippen molar-refractivity contribution in [1.29, 1.82) is 0 Å². The zero-order chi connectivity index (χ0) is 14.5. The molecule has 2 N–H and O–H groups in total. The van der Waals surface area contributed by atoms with Crippen LogP contribution in [-0.4, -0.2) is 27.5 Å². The zero-order valence-electron chi connectivity index (χ0n) is 10.3. The number of nitrogens with zero attached hydrogens (tertiary/aromatic N) is 2. The van der Waals surface area contributed by atoms with E-state index in [1.807, 2.05) is 0 Å². The molecule has 2 rings (SSSR count). The first-order valence-electron chi connectivity index (χ1n) is 5.72. The predicted octanol–water partition coefficient (Wildman–Crippen LogP) is 2.40. The van der Waals surface area contributed by atoms with Crippen LogP contribution in [0, 0.1) is 10.1 Å². The van der Waals surface area contributed by atoms with Crippen molar-refractivity contribution >= 4 is 27.4 Å². The highest BCUT2D eigenvalue weighted by Gasteiger charge is 2.10. The van der Waals surface area contributed by atoms with Gasteiger partial charge in [-0.05, 0) is 35.5 Å². The molecule has 0 bridgehead atoms. The first kappa shape index (κ1) is 13.9. The van der Waals surface area contributed by atoms with Gasteiger partial charge in [0, 0.05) is 6.54 Å². The molecule has 0 radical (unpaired) electrons. The molecular formula is C12H11N3O4S. The van der Waals surface area contributed by atoms with Gasteiger partial charge in [0.05, 0.1) is 10.5 Å². The first-order chi connectivity index (χ1) is 9.56. The number of carboxylic acids is 1. The Hall–Kier alpha value is -2.48. The largest absolute Gasteiger partial charge is 0.478 e. The summed E-state index contributed by atoms with van der Waals surface area (Å²) in [6.45, 7) is 0.567. The molecule has 0 unspecified atom stereocenters. The molecule has 1 heterocycles. The molecule has 0 aliphatic rings. The van der Waals surface area contributed by atoms with Crippen LogP contribution >= 0.6 is 11.3 Å². The molecule has 0 saturated carbocycles. The van der Waals surface area contributed by atoms with Crippen LogP contribution in [-0.2, 0) is 6.42 Å². The first-order valence-corrected chi connectivity index (χ1v) is 6.54. The molecule has 0 saturated heterocycles. The van der Waals surface area contributed by atoms with Gasteiger partial charge in [-0.25, -0.2) is 9.78 Å². The normalized spacial score (nSPS) is 10.2. The van der Waals surface area contributed by atoms with Crippen molar-refractivity contribution in [3.63, 3.8) is 0 Å². The van der Waals surface area contributed by atoms with E-state index in [1.54, 1.807) is 24.3 Å². The number of anilines is 1. The molecule has 0 atom stereocenters. The van der Waals surface area contributed by atoms with Crippen LogP contribution in [0.1, 0.15) is 15.9 Å². The Balaban J connectivity index is 1.85. The molecule has 7 nitrogen and oxygen atoms in total. The lowest BCUT2D eigenvalue weighted by atomic mass is 10.1.